The normalized spacial score (nSPS) is 10.8. The van der Waals surface area contributed by atoms with E-state index in [1.807, 2.05) is 6.92 Å². The molecule has 0 aliphatic carbocycles. The molecule has 3 rings (SSSR count). The Hall–Kier alpha value is -2.50. The Balaban J connectivity index is 2.02. The van der Waals surface area contributed by atoms with Gasteiger partial charge in [-0.1, -0.05) is 12.1 Å². The Morgan fingerprint density at radius 3 is 2.67 bits per heavy atom. The summed E-state index contributed by atoms with van der Waals surface area (Å²) in [5, 5.41) is 14.4. The van der Waals surface area contributed by atoms with Crippen LogP contribution < -0.4 is 0 Å². The highest BCUT2D eigenvalue weighted by molar-refractivity contribution is 5.56. The number of benzene rings is 1. The van der Waals surface area contributed by atoms with Crippen molar-refractivity contribution < 1.29 is 8.81 Å². The van der Waals surface area contributed by atoms with E-state index in [0.29, 0.717) is 5.69 Å². The average Bonchev–Trinajstić information content (AvgIpc) is 2.98. The number of hydrogen-bond donors (Lipinski definition) is 1. The van der Waals surface area contributed by atoms with Crippen LogP contribution in [0.15, 0.2) is 34.7 Å². The second-order valence-electron chi connectivity index (χ2n) is 3.83. The number of aryl methyl sites for hydroxylation is 1. The van der Waals surface area contributed by atoms with E-state index >= 15 is 0 Å². The maximum Gasteiger partial charge on any atom is 0.268 e. The fourth-order valence-electron chi connectivity index (χ4n) is 1.60. The molecule has 18 heavy (non-hydrogen) atoms. The number of nitrogens with zero attached hydrogens (tertiary/aromatic N) is 3. The molecule has 0 aliphatic rings. The van der Waals surface area contributed by atoms with Crippen LogP contribution in [-0.4, -0.2) is 20.4 Å². The quantitative estimate of drug-likeness (QED) is 0.752. The molecule has 2 aromatic heterocycles. The van der Waals surface area contributed by atoms with Gasteiger partial charge in [-0.3, -0.25) is 5.10 Å². The zero-order valence-electron chi connectivity index (χ0n) is 9.51. The van der Waals surface area contributed by atoms with Crippen LogP contribution in [0.4, 0.5) is 4.39 Å². The number of hydrogen-bond acceptors (Lipinski definition) is 4. The molecule has 0 saturated carbocycles. The van der Waals surface area contributed by atoms with Crippen molar-refractivity contribution in [1.29, 1.82) is 0 Å². The number of aromatic nitrogens is 4. The summed E-state index contributed by atoms with van der Waals surface area (Å²) in [4.78, 5) is 0. The summed E-state index contributed by atoms with van der Waals surface area (Å²) in [7, 11) is 0. The molecule has 0 bridgehead atoms. The molecular weight excluding hydrogens is 235 g/mol. The molecule has 1 N–H and O–H groups in total. The van der Waals surface area contributed by atoms with Crippen LogP contribution in [0.1, 0.15) is 5.69 Å². The van der Waals surface area contributed by atoms with Crippen molar-refractivity contribution >= 4 is 0 Å². The Kier molecular flexibility index (Phi) is 2.40. The molecule has 0 spiro atoms. The third-order valence-electron chi connectivity index (χ3n) is 2.45. The molecule has 0 atom stereocenters. The van der Waals surface area contributed by atoms with Gasteiger partial charge in [0, 0.05) is 5.69 Å². The van der Waals surface area contributed by atoms with Gasteiger partial charge in [0.15, 0.2) is 0 Å². The van der Waals surface area contributed by atoms with Gasteiger partial charge in [-0.15, -0.1) is 10.2 Å². The van der Waals surface area contributed by atoms with Crippen LogP contribution in [0.3, 0.4) is 0 Å². The molecule has 90 valence electrons. The first-order valence-electron chi connectivity index (χ1n) is 5.35. The molecule has 0 amide bonds. The molecule has 0 unspecified atom stereocenters. The molecule has 5 nitrogen and oxygen atoms in total. The SMILES string of the molecule is Cc1cc(-c2nnc(-c3ccccc3F)o2)n[nH]1. The maximum atomic E-state index is 13.5. The van der Waals surface area contributed by atoms with Gasteiger partial charge >= 0.3 is 0 Å². The average molecular weight is 244 g/mol. The van der Waals surface area contributed by atoms with Crippen LogP contribution in [-0.2, 0) is 0 Å². The molecular formula is C12H9FN4O. The molecule has 0 aliphatic heterocycles. The lowest BCUT2D eigenvalue weighted by molar-refractivity contribution is 0.568. The Morgan fingerprint density at radius 2 is 1.94 bits per heavy atom. The zero-order valence-corrected chi connectivity index (χ0v) is 9.51. The van der Waals surface area contributed by atoms with E-state index in [-0.39, 0.29) is 17.3 Å². The molecule has 0 radical (unpaired) electrons. The maximum absolute atomic E-state index is 13.5. The van der Waals surface area contributed by atoms with Crippen molar-refractivity contribution in [2.45, 2.75) is 6.92 Å². The number of nitrogens with one attached hydrogen (secondary N) is 1. The van der Waals surface area contributed by atoms with Crippen LogP contribution in [0.25, 0.3) is 23.0 Å². The number of halogens is 1. The Bertz CT molecular complexity index is 689. The van der Waals surface area contributed by atoms with Crippen LogP contribution in [0, 0.1) is 12.7 Å². The minimum atomic E-state index is -0.397. The fraction of sp³-hybridized carbons (Fsp3) is 0.0833. The Morgan fingerprint density at radius 1 is 1.17 bits per heavy atom. The first kappa shape index (κ1) is 10.6. The lowest BCUT2D eigenvalue weighted by atomic mass is 10.2. The summed E-state index contributed by atoms with van der Waals surface area (Å²) in [5.74, 6) is 0.00673. The Labute approximate surface area is 102 Å². The molecule has 2 heterocycles. The zero-order chi connectivity index (χ0) is 12.5. The van der Waals surface area contributed by atoms with Gasteiger partial charge in [0.1, 0.15) is 11.5 Å². The summed E-state index contributed by atoms with van der Waals surface area (Å²) in [6.07, 6.45) is 0. The van der Waals surface area contributed by atoms with Crippen molar-refractivity contribution in [1.82, 2.24) is 20.4 Å². The molecule has 6 heteroatoms. The third-order valence-corrected chi connectivity index (χ3v) is 2.45. The van der Waals surface area contributed by atoms with E-state index in [4.69, 9.17) is 4.42 Å². The second-order valence-corrected chi connectivity index (χ2v) is 3.83. The molecule has 1 aromatic carbocycles. The third kappa shape index (κ3) is 1.77. The molecule has 0 fully saturated rings. The van der Waals surface area contributed by atoms with Gasteiger partial charge < -0.3 is 4.42 Å². The first-order valence-corrected chi connectivity index (χ1v) is 5.35. The predicted molar refractivity (Wildman–Crippen MR) is 62.0 cm³/mol. The topological polar surface area (TPSA) is 67.6 Å². The largest absolute Gasteiger partial charge is 0.414 e. The van der Waals surface area contributed by atoms with E-state index in [1.54, 1.807) is 24.3 Å². The molecule has 0 saturated heterocycles. The van der Waals surface area contributed by atoms with Crippen molar-refractivity contribution in [2.75, 3.05) is 0 Å². The standard InChI is InChI=1S/C12H9FN4O/c1-7-6-10(15-14-7)12-17-16-11(18-12)8-4-2-3-5-9(8)13/h2-6H,1H3,(H,14,15). The minimum absolute atomic E-state index is 0.142. The summed E-state index contributed by atoms with van der Waals surface area (Å²) < 4.78 is 18.9. The second kappa shape index (κ2) is 4.06. The van der Waals surface area contributed by atoms with E-state index < -0.39 is 5.82 Å². The van der Waals surface area contributed by atoms with Gasteiger partial charge in [0.05, 0.1) is 5.56 Å². The van der Waals surface area contributed by atoms with Gasteiger partial charge in [-0.05, 0) is 25.1 Å². The summed E-state index contributed by atoms with van der Waals surface area (Å²) in [5.41, 5.74) is 1.71. The van der Waals surface area contributed by atoms with Gasteiger partial charge in [0.25, 0.3) is 11.8 Å². The summed E-state index contributed by atoms with van der Waals surface area (Å²) in [6.45, 7) is 1.87. The highest BCUT2D eigenvalue weighted by Crippen LogP contribution is 2.24. The van der Waals surface area contributed by atoms with Crippen molar-refractivity contribution in [3.63, 3.8) is 0 Å². The molecule has 3 aromatic rings. The smallest absolute Gasteiger partial charge is 0.268 e. The van der Waals surface area contributed by atoms with Crippen molar-refractivity contribution in [3.05, 3.63) is 41.8 Å². The van der Waals surface area contributed by atoms with E-state index in [1.165, 1.54) is 6.07 Å². The lowest BCUT2D eigenvalue weighted by Gasteiger charge is -1.94. The summed E-state index contributed by atoms with van der Waals surface area (Å²) >= 11 is 0. The lowest BCUT2D eigenvalue weighted by Crippen LogP contribution is -1.82. The number of H-pyrrole nitrogens is 1. The van der Waals surface area contributed by atoms with E-state index in [0.717, 1.165) is 5.69 Å². The van der Waals surface area contributed by atoms with Gasteiger partial charge in [0.2, 0.25) is 0 Å². The van der Waals surface area contributed by atoms with Crippen LogP contribution in [0.2, 0.25) is 0 Å². The van der Waals surface area contributed by atoms with E-state index in [9.17, 15) is 4.39 Å². The van der Waals surface area contributed by atoms with Gasteiger partial charge in [-0.2, -0.15) is 5.10 Å². The van der Waals surface area contributed by atoms with Crippen molar-refractivity contribution in [3.8, 4) is 23.0 Å². The summed E-state index contributed by atoms with van der Waals surface area (Å²) in [6, 6.07) is 8.02. The fourth-order valence-corrected chi connectivity index (χ4v) is 1.60. The monoisotopic (exact) mass is 244 g/mol. The highest BCUT2D eigenvalue weighted by Gasteiger charge is 2.14. The van der Waals surface area contributed by atoms with Crippen molar-refractivity contribution in [2.24, 2.45) is 0 Å². The van der Waals surface area contributed by atoms with Crippen LogP contribution >= 0.6 is 0 Å². The predicted octanol–water partition coefficient (Wildman–Crippen LogP) is 2.57. The van der Waals surface area contributed by atoms with Gasteiger partial charge in [-0.25, -0.2) is 4.39 Å². The van der Waals surface area contributed by atoms with Crippen LogP contribution in [0.5, 0.6) is 0 Å². The van der Waals surface area contributed by atoms with E-state index in [2.05, 4.69) is 20.4 Å². The minimum Gasteiger partial charge on any atom is -0.414 e. The number of aromatic amines is 1. The first-order chi connectivity index (χ1) is 8.74. The highest BCUT2D eigenvalue weighted by atomic mass is 19.1. The number of rotatable bonds is 2.